The van der Waals surface area contributed by atoms with E-state index in [1.54, 1.807) is 0 Å². The summed E-state index contributed by atoms with van der Waals surface area (Å²) >= 11 is 0. The van der Waals surface area contributed by atoms with Crippen LogP contribution in [0.1, 0.15) is 30.5 Å². The van der Waals surface area contributed by atoms with Crippen LogP contribution >= 0.6 is 0 Å². The van der Waals surface area contributed by atoms with Gasteiger partial charge in [0, 0.05) is 30.7 Å². The summed E-state index contributed by atoms with van der Waals surface area (Å²) in [5.74, 6) is 0.890. The molecule has 0 aliphatic carbocycles. The molecule has 1 aromatic heterocycles. The number of hydrogen-bond donors (Lipinski definition) is 0. The molecule has 2 aliphatic rings. The molecule has 4 nitrogen and oxygen atoms in total. The number of hydrogen-bond acceptors (Lipinski definition) is 4. The third-order valence-corrected chi connectivity index (χ3v) is 4.72. The highest BCUT2D eigenvalue weighted by Gasteiger charge is 2.40. The molecule has 106 valence electrons. The van der Waals surface area contributed by atoms with Gasteiger partial charge in [-0.15, -0.1) is 0 Å². The van der Waals surface area contributed by atoms with E-state index in [9.17, 15) is 5.26 Å². The van der Waals surface area contributed by atoms with Crippen LogP contribution in [0, 0.1) is 23.7 Å². The Kier molecular flexibility index (Phi) is 3.39. The topological polar surface area (TPSA) is 43.2 Å². The number of anilines is 1. The molecule has 3 rings (SSSR count). The maximum Gasteiger partial charge on any atom is 0.146 e. The molecule has 0 N–H and O–H groups in total. The van der Waals surface area contributed by atoms with Gasteiger partial charge in [-0.05, 0) is 51.9 Å². The number of likely N-dealkylation sites (tertiary alicyclic amines) is 1. The lowest BCUT2D eigenvalue weighted by Gasteiger charge is -2.41. The number of pyridine rings is 1. The Labute approximate surface area is 121 Å². The fraction of sp³-hybridized carbons (Fsp3) is 0.625. The Morgan fingerprint density at radius 2 is 2.10 bits per heavy atom. The van der Waals surface area contributed by atoms with Crippen LogP contribution in [0.25, 0.3) is 0 Å². The monoisotopic (exact) mass is 270 g/mol. The number of nitrogens with zero attached hydrogens (tertiary/aromatic N) is 4. The van der Waals surface area contributed by atoms with Crippen molar-refractivity contribution in [2.45, 2.75) is 26.2 Å². The minimum atomic E-state index is 0.408. The zero-order valence-electron chi connectivity index (χ0n) is 12.4. The molecule has 1 aromatic rings. The van der Waals surface area contributed by atoms with Gasteiger partial charge < -0.3 is 9.80 Å². The molecule has 0 aromatic carbocycles. The van der Waals surface area contributed by atoms with Gasteiger partial charge >= 0.3 is 0 Å². The zero-order chi connectivity index (χ0) is 14.2. The molecular formula is C16H22N4. The highest BCUT2D eigenvalue weighted by atomic mass is 15.2. The smallest absolute Gasteiger partial charge is 0.146 e. The van der Waals surface area contributed by atoms with Crippen LogP contribution in [-0.2, 0) is 0 Å². The molecule has 2 saturated heterocycles. The molecular weight excluding hydrogens is 248 g/mol. The number of piperidine rings is 1. The van der Waals surface area contributed by atoms with Crippen LogP contribution in [0.3, 0.4) is 0 Å². The maximum atomic E-state index is 9.31. The Hall–Kier alpha value is -1.60. The molecule has 3 heterocycles. The molecule has 0 radical (unpaired) electrons. The van der Waals surface area contributed by atoms with Gasteiger partial charge in [0.2, 0.25) is 0 Å². The van der Waals surface area contributed by atoms with E-state index in [0.29, 0.717) is 11.0 Å². The van der Waals surface area contributed by atoms with Crippen molar-refractivity contribution in [2.75, 3.05) is 38.1 Å². The van der Waals surface area contributed by atoms with Crippen molar-refractivity contribution in [3.63, 3.8) is 0 Å². The van der Waals surface area contributed by atoms with Crippen molar-refractivity contribution < 1.29 is 0 Å². The van der Waals surface area contributed by atoms with Gasteiger partial charge in [0.05, 0.1) is 5.56 Å². The molecule has 4 heteroatoms. The predicted octanol–water partition coefficient (Wildman–Crippen LogP) is 2.18. The SMILES string of the molecule is Cc1ccc(C#N)c(N2CCC[C@@]3(CCN(C)C3)C2)n1. The van der Waals surface area contributed by atoms with Crippen LogP contribution in [-0.4, -0.2) is 43.1 Å². The molecule has 2 aliphatic heterocycles. The first kappa shape index (κ1) is 13.4. The van der Waals surface area contributed by atoms with E-state index >= 15 is 0 Å². The van der Waals surface area contributed by atoms with E-state index < -0.39 is 0 Å². The maximum absolute atomic E-state index is 9.31. The molecule has 1 atom stereocenters. The van der Waals surface area contributed by atoms with Crippen molar-refractivity contribution in [3.05, 3.63) is 23.4 Å². The Morgan fingerprint density at radius 1 is 1.25 bits per heavy atom. The van der Waals surface area contributed by atoms with Gasteiger partial charge in [-0.25, -0.2) is 4.98 Å². The van der Waals surface area contributed by atoms with Crippen LogP contribution in [0.4, 0.5) is 5.82 Å². The average Bonchev–Trinajstić information content (AvgIpc) is 2.79. The summed E-state index contributed by atoms with van der Waals surface area (Å²) < 4.78 is 0. The molecule has 0 amide bonds. The van der Waals surface area contributed by atoms with Gasteiger partial charge in [0.15, 0.2) is 0 Å². The predicted molar refractivity (Wildman–Crippen MR) is 79.7 cm³/mol. The lowest BCUT2D eigenvalue weighted by atomic mass is 9.79. The average molecular weight is 270 g/mol. The molecule has 0 bridgehead atoms. The summed E-state index contributed by atoms with van der Waals surface area (Å²) in [6.45, 7) is 6.43. The second kappa shape index (κ2) is 5.06. The first-order valence-electron chi connectivity index (χ1n) is 7.43. The number of rotatable bonds is 1. The Balaban J connectivity index is 1.88. The van der Waals surface area contributed by atoms with Gasteiger partial charge in [0.1, 0.15) is 11.9 Å². The van der Waals surface area contributed by atoms with Crippen molar-refractivity contribution in [1.29, 1.82) is 5.26 Å². The second-order valence-corrected chi connectivity index (χ2v) is 6.45. The van der Waals surface area contributed by atoms with Crippen LogP contribution in [0.15, 0.2) is 12.1 Å². The second-order valence-electron chi connectivity index (χ2n) is 6.45. The Bertz CT molecular complexity index is 544. The number of nitriles is 1. The van der Waals surface area contributed by atoms with Gasteiger partial charge in [-0.3, -0.25) is 0 Å². The molecule has 0 unspecified atom stereocenters. The third kappa shape index (κ3) is 2.38. The van der Waals surface area contributed by atoms with Crippen molar-refractivity contribution in [1.82, 2.24) is 9.88 Å². The summed E-state index contributed by atoms with van der Waals surface area (Å²) in [4.78, 5) is 9.40. The third-order valence-electron chi connectivity index (χ3n) is 4.72. The van der Waals surface area contributed by atoms with E-state index in [1.165, 1.54) is 32.4 Å². The van der Waals surface area contributed by atoms with Crippen molar-refractivity contribution in [2.24, 2.45) is 5.41 Å². The summed E-state index contributed by atoms with van der Waals surface area (Å²) in [6.07, 6.45) is 3.78. The Morgan fingerprint density at radius 3 is 2.80 bits per heavy atom. The first-order valence-corrected chi connectivity index (χ1v) is 7.43. The number of aryl methyl sites for hydroxylation is 1. The normalized spacial score (nSPS) is 26.9. The van der Waals surface area contributed by atoms with Gasteiger partial charge in [-0.2, -0.15) is 5.26 Å². The standard InChI is InChI=1S/C16H22N4/c1-13-4-5-14(10-17)15(18-13)20-8-3-6-16(12-20)7-9-19(2)11-16/h4-5H,3,6-9,11-12H2,1-2H3/t16-/m0/s1. The highest BCUT2D eigenvalue weighted by molar-refractivity contribution is 5.54. The minimum absolute atomic E-state index is 0.408. The van der Waals surface area contributed by atoms with Crippen molar-refractivity contribution >= 4 is 5.82 Å². The van der Waals surface area contributed by atoms with Crippen LogP contribution in [0.5, 0.6) is 0 Å². The first-order chi connectivity index (χ1) is 9.62. The number of aromatic nitrogens is 1. The van der Waals surface area contributed by atoms with Crippen LogP contribution in [0.2, 0.25) is 0 Å². The zero-order valence-corrected chi connectivity index (χ0v) is 12.4. The molecule has 0 saturated carbocycles. The van der Waals surface area contributed by atoms with Gasteiger partial charge in [0.25, 0.3) is 0 Å². The lowest BCUT2D eigenvalue weighted by molar-refractivity contribution is 0.233. The highest BCUT2D eigenvalue weighted by Crippen LogP contribution is 2.39. The van der Waals surface area contributed by atoms with E-state index in [-0.39, 0.29) is 0 Å². The fourth-order valence-corrected chi connectivity index (χ4v) is 3.75. The largest absolute Gasteiger partial charge is 0.355 e. The van der Waals surface area contributed by atoms with E-state index in [1.807, 2.05) is 19.1 Å². The van der Waals surface area contributed by atoms with Crippen LogP contribution < -0.4 is 4.90 Å². The summed E-state index contributed by atoms with van der Waals surface area (Å²) in [5, 5.41) is 9.31. The van der Waals surface area contributed by atoms with Crippen molar-refractivity contribution in [3.8, 4) is 6.07 Å². The molecule has 2 fully saturated rings. The van der Waals surface area contributed by atoms with E-state index in [4.69, 9.17) is 0 Å². The minimum Gasteiger partial charge on any atom is -0.355 e. The summed E-state index contributed by atoms with van der Waals surface area (Å²) in [7, 11) is 2.21. The van der Waals surface area contributed by atoms with E-state index in [0.717, 1.165) is 24.6 Å². The lowest BCUT2D eigenvalue weighted by Crippen LogP contribution is -2.45. The van der Waals surface area contributed by atoms with Gasteiger partial charge in [-0.1, -0.05) is 0 Å². The quantitative estimate of drug-likeness (QED) is 0.784. The molecule has 20 heavy (non-hydrogen) atoms. The van der Waals surface area contributed by atoms with E-state index in [2.05, 4.69) is 27.9 Å². The fourth-order valence-electron chi connectivity index (χ4n) is 3.75. The summed E-state index contributed by atoms with van der Waals surface area (Å²) in [6, 6.07) is 6.12. The molecule has 1 spiro atoms. The summed E-state index contributed by atoms with van der Waals surface area (Å²) in [5.41, 5.74) is 2.10.